The topological polar surface area (TPSA) is 98.0 Å². The molecule has 0 aliphatic carbocycles. The van der Waals surface area contributed by atoms with Crippen LogP contribution in [-0.4, -0.2) is 29.4 Å². The van der Waals surface area contributed by atoms with Gasteiger partial charge < -0.3 is 4.42 Å². The molecule has 2 aromatic heterocycles. The standard InChI is InChI=1S/C17H18N4O3S/c22-25(23,12-6-9-14-7-2-1-3-8-14)19-13-16-20-21-17(24-16)15-10-4-5-11-18-15/h1-5,7-8,10-11,19H,6,9,12-13H2. The van der Waals surface area contributed by atoms with Gasteiger partial charge in [0.25, 0.3) is 5.89 Å². The van der Waals surface area contributed by atoms with Gasteiger partial charge in [-0.3, -0.25) is 4.98 Å². The van der Waals surface area contributed by atoms with E-state index in [1.54, 1.807) is 18.3 Å². The quantitative estimate of drug-likeness (QED) is 0.663. The Morgan fingerprint density at radius 3 is 2.56 bits per heavy atom. The first-order chi connectivity index (χ1) is 12.1. The van der Waals surface area contributed by atoms with Crippen molar-refractivity contribution < 1.29 is 12.8 Å². The lowest BCUT2D eigenvalue weighted by Gasteiger charge is -2.05. The number of aryl methyl sites for hydroxylation is 1. The van der Waals surface area contributed by atoms with Crippen molar-refractivity contribution in [1.29, 1.82) is 0 Å². The summed E-state index contributed by atoms with van der Waals surface area (Å²) in [6.07, 6.45) is 2.88. The molecule has 1 aromatic carbocycles. The molecular formula is C17H18N4O3S. The molecule has 130 valence electrons. The Balaban J connectivity index is 1.50. The molecule has 0 fully saturated rings. The molecule has 0 saturated carbocycles. The molecule has 0 amide bonds. The van der Waals surface area contributed by atoms with Gasteiger partial charge in [0.05, 0.1) is 12.3 Å². The van der Waals surface area contributed by atoms with Crippen LogP contribution in [0.1, 0.15) is 17.9 Å². The summed E-state index contributed by atoms with van der Waals surface area (Å²) in [6.45, 7) is -0.0342. The zero-order chi connectivity index (χ0) is 17.5. The van der Waals surface area contributed by atoms with E-state index in [0.29, 0.717) is 18.5 Å². The summed E-state index contributed by atoms with van der Waals surface area (Å²) < 4.78 is 32.0. The highest BCUT2D eigenvalue weighted by Crippen LogP contribution is 2.14. The molecule has 0 spiro atoms. The van der Waals surface area contributed by atoms with E-state index in [1.807, 2.05) is 36.4 Å². The van der Waals surface area contributed by atoms with Gasteiger partial charge in [0.2, 0.25) is 15.9 Å². The van der Waals surface area contributed by atoms with Crippen LogP contribution in [0.4, 0.5) is 0 Å². The second-order valence-corrected chi connectivity index (χ2v) is 7.37. The molecule has 1 N–H and O–H groups in total. The SMILES string of the molecule is O=S(=O)(CCCc1ccccc1)NCc1nnc(-c2ccccn2)o1. The van der Waals surface area contributed by atoms with Crippen molar-refractivity contribution in [3.63, 3.8) is 0 Å². The molecule has 7 nitrogen and oxygen atoms in total. The summed E-state index contributed by atoms with van der Waals surface area (Å²) >= 11 is 0. The molecule has 0 saturated heterocycles. The minimum Gasteiger partial charge on any atom is -0.418 e. The van der Waals surface area contributed by atoms with Crippen molar-refractivity contribution >= 4 is 10.0 Å². The largest absolute Gasteiger partial charge is 0.418 e. The lowest BCUT2D eigenvalue weighted by Crippen LogP contribution is -2.26. The van der Waals surface area contributed by atoms with Crippen LogP contribution >= 0.6 is 0 Å². The van der Waals surface area contributed by atoms with E-state index in [1.165, 1.54) is 0 Å². The second kappa shape index (κ2) is 8.00. The Morgan fingerprint density at radius 1 is 1.00 bits per heavy atom. The first-order valence-electron chi connectivity index (χ1n) is 7.87. The molecule has 3 aromatic rings. The minimum absolute atomic E-state index is 0.0342. The predicted octanol–water partition coefficient (Wildman–Crippen LogP) is 2.18. The number of nitrogens with zero attached hydrogens (tertiary/aromatic N) is 3. The molecule has 2 heterocycles. The lowest BCUT2D eigenvalue weighted by molar-refractivity contribution is 0.492. The van der Waals surface area contributed by atoms with Crippen LogP contribution in [0.2, 0.25) is 0 Å². The molecular weight excluding hydrogens is 340 g/mol. The maximum absolute atomic E-state index is 12.1. The Morgan fingerprint density at radius 2 is 1.80 bits per heavy atom. The first-order valence-corrected chi connectivity index (χ1v) is 9.53. The average Bonchev–Trinajstić information content (AvgIpc) is 3.11. The van der Waals surface area contributed by atoms with Crippen molar-refractivity contribution in [1.82, 2.24) is 19.9 Å². The third-order valence-corrected chi connectivity index (χ3v) is 4.93. The summed E-state index contributed by atoms with van der Waals surface area (Å²) in [5.74, 6) is 0.509. The van der Waals surface area contributed by atoms with Crippen molar-refractivity contribution in [3.05, 3.63) is 66.2 Å². The van der Waals surface area contributed by atoms with Crippen molar-refractivity contribution in [2.75, 3.05) is 5.75 Å². The van der Waals surface area contributed by atoms with Crippen LogP contribution in [0.3, 0.4) is 0 Å². The molecule has 0 radical (unpaired) electrons. The Kier molecular flexibility index (Phi) is 5.52. The van der Waals surface area contributed by atoms with E-state index in [-0.39, 0.29) is 24.1 Å². The number of nitrogens with one attached hydrogen (secondary N) is 1. The maximum atomic E-state index is 12.1. The van der Waals surface area contributed by atoms with E-state index in [0.717, 1.165) is 5.56 Å². The van der Waals surface area contributed by atoms with Gasteiger partial charge in [-0.2, -0.15) is 0 Å². The second-order valence-electron chi connectivity index (χ2n) is 5.45. The molecule has 0 bridgehead atoms. The number of pyridine rings is 1. The van der Waals surface area contributed by atoms with Gasteiger partial charge >= 0.3 is 0 Å². The monoisotopic (exact) mass is 358 g/mol. The van der Waals surface area contributed by atoms with E-state index in [2.05, 4.69) is 19.9 Å². The van der Waals surface area contributed by atoms with Gasteiger partial charge in [-0.25, -0.2) is 13.1 Å². The third kappa shape index (κ3) is 5.20. The van der Waals surface area contributed by atoms with Gasteiger partial charge in [-0.1, -0.05) is 36.4 Å². The first kappa shape index (κ1) is 17.2. The lowest BCUT2D eigenvalue weighted by atomic mass is 10.1. The van der Waals surface area contributed by atoms with Gasteiger partial charge in [0.15, 0.2) is 0 Å². The molecule has 3 rings (SSSR count). The summed E-state index contributed by atoms with van der Waals surface area (Å²) in [6, 6.07) is 15.1. The van der Waals surface area contributed by atoms with Gasteiger partial charge in [-0.15, -0.1) is 10.2 Å². The van der Waals surface area contributed by atoms with Crippen LogP contribution in [0.5, 0.6) is 0 Å². The average molecular weight is 358 g/mol. The van der Waals surface area contributed by atoms with Crippen molar-refractivity contribution in [2.24, 2.45) is 0 Å². The van der Waals surface area contributed by atoms with E-state index >= 15 is 0 Å². The fourth-order valence-electron chi connectivity index (χ4n) is 2.27. The predicted molar refractivity (Wildman–Crippen MR) is 92.9 cm³/mol. The van der Waals surface area contributed by atoms with Crippen LogP contribution in [0, 0.1) is 0 Å². The maximum Gasteiger partial charge on any atom is 0.266 e. The number of aromatic nitrogens is 3. The number of benzene rings is 1. The highest BCUT2D eigenvalue weighted by atomic mass is 32.2. The highest BCUT2D eigenvalue weighted by molar-refractivity contribution is 7.89. The molecule has 0 atom stereocenters. The fraction of sp³-hybridized carbons (Fsp3) is 0.235. The summed E-state index contributed by atoms with van der Waals surface area (Å²) in [5.41, 5.74) is 1.67. The normalized spacial score (nSPS) is 11.5. The third-order valence-electron chi connectivity index (χ3n) is 3.52. The minimum atomic E-state index is -3.40. The van der Waals surface area contributed by atoms with Crippen LogP contribution in [-0.2, 0) is 23.0 Å². The molecule has 0 aliphatic heterocycles. The summed E-state index contributed by atoms with van der Waals surface area (Å²) in [5, 5.41) is 7.71. The van der Waals surface area contributed by atoms with Crippen molar-refractivity contribution in [3.8, 4) is 11.6 Å². The Labute approximate surface area is 146 Å². The zero-order valence-electron chi connectivity index (χ0n) is 13.5. The zero-order valence-corrected chi connectivity index (χ0v) is 14.3. The fourth-order valence-corrected chi connectivity index (χ4v) is 3.28. The van der Waals surface area contributed by atoms with Gasteiger partial charge in [0.1, 0.15) is 5.69 Å². The smallest absolute Gasteiger partial charge is 0.266 e. The number of rotatable bonds is 8. The molecule has 25 heavy (non-hydrogen) atoms. The van der Waals surface area contributed by atoms with Crippen LogP contribution in [0.25, 0.3) is 11.6 Å². The highest BCUT2D eigenvalue weighted by Gasteiger charge is 2.14. The molecule has 0 aliphatic rings. The Hall–Kier alpha value is -2.58. The van der Waals surface area contributed by atoms with E-state index in [4.69, 9.17) is 4.42 Å². The van der Waals surface area contributed by atoms with Gasteiger partial charge in [0, 0.05) is 6.20 Å². The van der Waals surface area contributed by atoms with Crippen LogP contribution < -0.4 is 4.72 Å². The van der Waals surface area contributed by atoms with Crippen molar-refractivity contribution in [2.45, 2.75) is 19.4 Å². The summed E-state index contributed by atoms with van der Waals surface area (Å²) in [7, 11) is -3.40. The number of hydrogen-bond donors (Lipinski definition) is 1. The number of sulfonamides is 1. The van der Waals surface area contributed by atoms with Gasteiger partial charge in [-0.05, 0) is 30.5 Å². The molecule has 0 unspecified atom stereocenters. The van der Waals surface area contributed by atoms with E-state index in [9.17, 15) is 8.42 Å². The number of hydrogen-bond acceptors (Lipinski definition) is 6. The Bertz CT molecular complexity index is 896. The summed E-state index contributed by atoms with van der Waals surface area (Å²) in [4.78, 5) is 4.11. The van der Waals surface area contributed by atoms with Crippen LogP contribution in [0.15, 0.2) is 59.1 Å². The molecule has 8 heteroatoms. The van der Waals surface area contributed by atoms with E-state index < -0.39 is 10.0 Å².